The number of methoxy groups -OCH3 is 1. The average Bonchev–Trinajstić information content (AvgIpc) is 3.64. The van der Waals surface area contributed by atoms with E-state index in [-0.39, 0.29) is 59.1 Å². The Morgan fingerprint density at radius 2 is 2.14 bits per heavy atom. The third-order valence-corrected chi connectivity index (χ3v) is 5.82. The van der Waals surface area contributed by atoms with Crippen LogP contribution in [-0.4, -0.2) is 57.1 Å². The molecule has 0 atom stereocenters. The molecule has 0 saturated heterocycles. The van der Waals surface area contributed by atoms with Crippen LogP contribution in [0.1, 0.15) is 34.5 Å². The Kier molecular flexibility index (Phi) is 6.93. The lowest BCUT2D eigenvalue weighted by Crippen LogP contribution is -2.43. The second kappa shape index (κ2) is 10.1. The number of rotatable bonds is 8. The zero-order chi connectivity index (χ0) is 25.1. The number of esters is 1. The van der Waals surface area contributed by atoms with Gasteiger partial charge in [-0.05, 0) is 25.0 Å². The van der Waals surface area contributed by atoms with E-state index >= 15 is 0 Å². The molecule has 1 saturated carbocycles. The summed E-state index contributed by atoms with van der Waals surface area (Å²) in [7, 11) is 1.23. The number of fused-ring (bicyclic) bond motifs is 1. The van der Waals surface area contributed by atoms with Crippen LogP contribution >= 0.6 is 11.6 Å². The van der Waals surface area contributed by atoms with Gasteiger partial charge in [0.05, 0.1) is 29.6 Å². The highest BCUT2D eigenvalue weighted by Gasteiger charge is 2.34. The third kappa shape index (κ3) is 5.22. The molecule has 0 bridgehead atoms. The van der Waals surface area contributed by atoms with E-state index in [2.05, 4.69) is 20.1 Å². The predicted octanol–water partition coefficient (Wildman–Crippen LogP) is 2.19. The number of carbonyl (C=O) groups is 3. The average molecular weight is 499 g/mol. The highest BCUT2D eigenvalue weighted by Crippen LogP contribution is 2.27. The van der Waals surface area contributed by atoms with Crippen molar-refractivity contribution in [2.45, 2.75) is 32.0 Å². The maximum atomic E-state index is 14.1. The molecule has 0 spiro atoms. The fourth-order valence-electron chi connectivity index (χ4n) is 3.60. The summed E-state index contributed by atoms with van der Waals surface area (Å²) in [5.41, 5.74) is 0.638. The molecule has 2 amide bonds. The molecule has 2 heterocycles. The van der Waals surface area contributed by atoms with Gasteiger partial charge < -0.3 is 15.0 Å². The molecule has 1 N–H and O–H groups in total. The first-order valence-electron chi connectivity index (χ1n) is 10.7. The summed E-state index contributed by atoms with van der Waals surface area (Å²) >= 11 is 5.77. The number of carbonyl (C=O) groups excluding carboxylic acids is 3. The molecule has 2 aromatic heterocycles. The van der Waals surface area contributed by atoms with Gasteiger partial charge in [-0.25, -0.2) is 18.9 Å². The molecular formula is C23H20ClFN6O4. The summed E-state index contributed by atoms with van der Waals surface area (Å²) in [5.74, 6) is -2.06. The van der Waals surface area contributed by atoms with Crippen LogP contribution in [0, 0.1) is 17.1 Å². The van der Waals surface area contributed by atoms with Gasteiger partial charge in [-0.2, -0.15) is 10.4 Å². The van der Waals surface area contributed by atoms with E-state index in [0.717, 1.165) is 12.8 Å². The lowest BCUT2D eigenvalue weighted by atomic mass is 10.2. The minimum Gasteiger partial charge on any atom is -0.465 e. The number of nitrogens with zero attached hydrogens (tertiary/aromatic N) is 5. The SMILES string of the molecule is COC(=O)c1cnc2c(c1)c(C#N)nn2CC(=O)N(CC(=O)NCc1cccc(Cl)c1F)C1CC1. The van der Waals surface area contributed by atoms with Gasteiger partial charge in [-0.1, -0.05) is 23.7 Å². The summed E-state index contributed by atoms with van der Waals surface area (Å²) < 4.78 is 20.0. The molecular weight excluding hydrogens is 479 g/mol. The first-order chi connectivity index (χ1) is 16.8. The summed E-state index contributed by atoms with van der Waals surface area (Å²) in [4.78, 5) is 43.0. The van der Waals surface area contributed by atoms with Crippen LogP contribution in [0.4, 0.5) is 4.39 Å². The number of hydrogen-bond donors (Lipinski definition) is 1. The molecule has 4 rings (SSSR count). The van der Waals surface area contributed by atoms with Crippen molar-refractivity contribution in [3.05, 3.63) is 58.1 Å². The number of pyridine rings is 1. The van der Waals surface area contributed by atoms with Crippen LogP contribution in [0.15, 0.2) is 30.5 Å². The second-order valence-corrected chi connectivity index (χ2v) is 8.35. The van der Waals surface area contributed by atoms with E-state index < -0.39 is 17.7 Å². The number of benzene rings is 1. The minimum atomic E-state index is -0.615. The van der Waals surface area contributed by atoms with Gasteiger partial charge in [-0.15, -0.1) is 0 Å². The highest BCUT2D eigenvalue weighted by atomic mass is 35.5. The van der Waals surface area contributed by atoms with E-state index in [9.17, 15) is 24.0 Å². The molecule has 0 unspecified atom stereocenters. The summed E-state index contributed by atoms with van der Waals surface area (Å²) in [6.45, 7) is -0.537. The Labute approximate surface area is 204 Å². The van der Waals surface area contributed by atoms with Gasteiger partial charge in [0.25, 0.3) is 0 Å². The molecule has 1 aliphatic carbocycles. The maximum Gasteiger partial charge on any atom is 0.339 e. The first-order valence-corrected chi connectivity index (χ1v) is 11.0. The summed E-state index contributed by atoms with van der Waals surface area (Å²) in [6, 6.07) is 7.78. The molecule has 1 fully saturated rings. The number of halogens is 2. The van der Waals surface area contributed by atoms with Crippen molar-refractivity contribution in [2.24, 2.45) is 0 Å². The van der Waals surface area contributed by atoms with Crippen molar-refractivity contribution in [1.29, 1.82) is 5.26 Å². The Balaban J connectivity index is 1.47. The van der Waals surface area contributed by atoms with E-state index in [1.54, 1.807) is 6.07 Å². The minimum absolute atomic E-state index is 0.00492. The van der Waals surface area contributed by atoms with Crippen LogP contribution in [0.3, 0.4) is 0 Å². The molecule has 180 valence electrons. The van der Waals surface area contributed by atoms with Gasteiger partial charge in [0.2, 0.25) is 11.8 Å². The van der Waals surface area contributed by atoms with E-state index in [1.165, 1.54) is 41.1 Å². The van der Waals surface area contributed by atoms with Gasteiger partial charge in [-0.3, -0.25) is 9.59 Å². The quantitative estimate of drug-likeness (QED) is 0.471. The molecule has 0 aliphatic heterocycles. The monoisotopic (exact) mass is 498 g/mol. The highest BCUT2D eigenvalue weighted by molar-refractivity contribution is 6.30. The van der Waals surface area contributed by atoms with E-state index in [4.69, 9.17) is 11.6 Å². The van der Waals surface area contributed by atoms with Crippen molar-refractivity contribution in [3.8, 4) is 6.07 Å². The summed E-state index contributed by atoms with van der Waals surface area (Å²) in [5, 5.41) is 16.5. The van der Waals surface area contributed by atoms with Crippen LogP contribution in [0.2, 0.25) is 5.02 Å². The van der Waals surface area contributed by atoms with Crippen LogP contribution in [0.5, 0.6) is 0 Å². The standard InChI is InChI=1S/C23H20ClFN6O4/c1-35-23(34)14-7-16-18(8-26)29-31(22(16)28-10-14)12-20(33)30(15-5-6-15)11-19(32)27-9-13-3-2-4-17(24)21(13)25/h2-4,7,10,15H,5-6,9,11-12H2,1H3,(H,27,32). The molecule has 12 heteroatoms. The molecule has 0 radical (unpaired) electrons. The fourth-order valence-corrected chi connectivity index (χ4v) is 3.79. The number of nitrogens with one attached hydrogen (secondary N) is 1. The number of aromatic nitrogens is 3. The zero-order valence-electron chi connectivity index (χ0n) is 18.6. The largest absolute Gasteiger partial charge is 0.465 e. The Morgan fingerprint density at radius 1 is 1.37 bits per heavy atom. The Morgan fingerprint density at radius 3 is 2.83 bits per heavy atom. The lowest BCUT2D eigenvalue weighted by Gasteiger charge is -2.22. The normalized spacial score (nSPS) is 12.7. The molecule has 3 aromatic rings. The van der Waals surface area contributed by atoms with Gasteiger partial charge in [0, 0.05) is 24.3 Å². The van der Waals surface area contributed by atoms with Crippen molar-refractivity contribution in [2.75, 3.05) is 13.7 Å². The van der Waals surface area contributed by atoms with Crippen LogP contribution in [0.25, 0.3) is 11.0 Å². The molecule has 1 aromatic carbocycles. The lowest BCUT2D eigenvalue weighted by molar-refractivity contribution is -0.137. The Hall–Kier alpha value is -4.04. The van der Waals surface area contributed by atoms with Gasteiger partial charge in [0.1, 0.15) is 18.4 Å². The van der Waals surface area contributed by atoms with Crippen LogP contribution in [-0.2, 0) is 27.4 Å². The maximum absolute atomic E-state index is 14.1. The molecule has 35 heavy (non-hydrogen) atoms. The molecule has 10 nitrogen and oxygen atoms in total. The smallest absolute Gasteiger partial charge is 0.339 e. The third-order valence-electron chi connectivity index (χ3n) is 5.53. The first kappa shape index (κ1) is 24.1. The zero-order valence-corrected chi connectivity index (χ0v) is 19.4. The fraction of sp³-hybridized carbons (Fsp3) is 0.304. The second-order valence-electron chi connectivity index (χ2n) is 7.95. The number of nitriles is 1. The van der Waals surface area contributed by atoms with E-state index in [1.807, 2.05) is 6.07 Å². The van der Waals surface area contributed by atoms with Crippen molar-refractivity contribution >= 4 is 40.4 Å². The van der Waals surface area contributed by atoms with Crippen molar-refractivity contribution in [1.82, 2.24) is 25.0 Å². The van der Waals surface area contributed by atoms with Crippen molar-refractivity contribution in [3.63, 3.8) is 0 Å². The predicted molar refractivity (Wildman–Crippen MR) is 122 cm³/mol. The van der Waals surface area contributed by atoms with Gasteiger partial charge >= 0.3 is 5.97 Å². The van der Waals surface area contributed by atoms with Crippen molar-refractivity contribution < 1.29 is 23.5 Å². The van der Waals surface area contributed by atoms with Gasteiger partial charge in [0.15, 0.2) is 11.3 Å². The van der Waals surface area contributed by atoms with Crippen LogP contribution < -0.4 is 5.32 Å². The Bertz CT molecular complexity index is 1360. The molecule has 1 aliphatic rings. The topological polar surface area (TPSA) is 130 Å². The number of hydrogen-bond acceptors (Lipinski definition) is 7. The number of ether oxygens (including phenoxy) is 1. The number of amides is 2. The summed E-state index contributed by atoms with van der Waals surface area (Å²) in [6.07, 6.45) is 2.79. The van der Waals surface area contributed by atoms with E-state index in [0.29, 0.717) is 5.39 Å².